The molecule has 5 nitrogen and oxygen atoms in total. The van der Waals surface area contributed by atoms with Crippen LogP contribution in [0.25, 0.3) is 10.4 Å². The molecule has 0 spiro atoms. The zero-order chi connectivity index (χ0) is 19.2. The number of hydrogen-bond acceptors (Lipinski definition) is 5. The van der Waals surface area contributed by atoms with Crippen molar-refractivity contribution in [2.24, 2.45) is 0 Å². The normalized spacial score (nSPS) is 10.5. The van der Waals surface area contributed by atoms with Crippen molar-refractivity contribution < 1.29 is 9.90 Å². The lowest BCUT2D eigenvalue weighted by Gasteiger charge is -2.08. The van der Waals surface area contributed by atoms with Gasteiger partial charge in [0.1, 0.15) is 5.75 Å². The number of phenolic OH excluding ortho intramolecular Hbond substituents is 1. The number of carbonyl (C=O) groups excluding carboxylic acids is 1. The van der Waals surface area contributed by atoms with Gasteiger partial charge in [0.05, 0.1) is 0 Å². The first-order valence-electron chi connectivity index (χ1n) is 8.42. The Bertz CT molecular complexity index is 1030. The maximum atomic E-state index is 12.4. The van der Waals surface area contributed by atoms with Crippen LogP contribution in [-0.4, -0.2) is 15.6 Å². The van der Waals surface area contributed by atoms with E-state index in [0.717, 1.165) is 10.4 Å². The first kappa shape index (κ1) is 19.0. The molecule has 3 rings (SSSR count). The number of nitrogens with one attached hydrogen (secondary N) is 1. The molecule has 0 aliphatic carbocycles. The van der Waals surface area contributed by atoms with Crippen LogP contribution in [0.1, 0.15) is 12.8 Å². The highest BCUT2D eigenvalue weighted by molar-refractivity contribution is 7.73. The van der Waals surface area contributed by atoms with Crippen LogP contribution in [0.2, 0.25) is 0 Å². The second kappa shape index (κ2) is 8.75. The van der Waals surface area contributed by atoms with Crippen molar-refractivity contribution in [1.82, 2.24) is 4.57 Å². The number of hydrogen-bond donors (Lipinski definition) is 2. The summed E-state index contributed by atoms with van der Waals surface area (Å²) < 4.78 is 2.02. The van der Waals surface area contributed by atoms with Gasteiger partial charge in [-0.3, -0.25) is 14.2 Å². The van der Waals surface area contributed by atoms with E-state index in [4.69, 9.17) is 12.2 Å². The molecule has 1 heterocycles. The molecule has 3 aromatic rings. The van der Waals surface area contributed by atoms with Crippen molar-refractivity contribution in [3.05, 3.63) is 75.0 Å². The number of nitrogens with zero attached hydrogens (tertiary/aromatic N) is 1. The number of rotatable bonds is 6. The monoisotopic (exact) mass is 398 g/mol. The number of benzene rings is 2. The second-order valence-electron chi connectivity index (χ2n) is 5.93. The Morgan fingerprint density at radius 2 is 1.89 bits per heavy atom. The van der Waals surface area contributed by atoms with Gasteiger partial charge in [-0.1, -0.05) is 36.4 Å². The summed E-state index contributed by atoms with van der Waals surface area (Å²) in [4.78, 5) is 25.3. The van der Waals surface area contributed by atoms with Crippen molar-refractivity contribution in [2.75, 3.05) is 5.32 Å². The Hall–Kier alpha value is -2.77. The van der Waals surface area contributed by atoms with E-state index in [9.17, 15) is 14.7 Å². The Kier molecular flexibility index (Phi) is 6.16. The minimum absolute atomic E-state index is 0.0927. The Morgan fingerprint density at radius 1 is 1.11 bits per heavy atom. The summed E-state index contributed by atoms with van der Waals surface area (Å²) >= 11 is 6.76. The predicted octanol–water partition coefficient (Wildman–Crippen LogP) is 4.43. The number of aromatic nitrogens is 1. The smallest absolute Gasteiger partial charge is 0.253 e. The molecule has 0 radical (unpaired) electrons. The van der Waals surface area contributed by atoms with E-state index in [2.05, 4.69) is 5.32 Å². The van der Waals surface area contributed by atoms with Crippen molar-refractivity contribution in [3.8, 4) is 16.2 Å². The van der Waals surface area contributed by atoms with Gasteiger partial charge in [0, 0.05) is 35.7 Å². The molecule has 0 aliphatic heterocycles. The van der Waals surface area contributed by atoms with Crippen molar-refractivity contribution in [3.63, 3.8) is 0 Å². The summed E-state index contributed by atoms with van der Waals surface area (Å²) in [6, 6.07) is 17.6. The predicted molar refractivity (Wildman–Crippen MR) is 111 cm³/mol. The van der Waals surface area contributed by atoms with Crippen LogP contribution in [-0.2, 0) is 11.3 Å². The van der Waals surface area contributed by atoms with Crippen LogP contribution in [0, 0.1) is 3.95 Å². The lowest BCUT2D eigenvalue weighted by Crippen LogP contribution is -2.20. The lowest BCUT2D eigenvalue weighted by molar-refractivity contribution is -0.116. The molecule has 7 heteroatoms. The summed E-state index contributed by atoms with van der Waals surface area (Å²) in [5.41, 5.74) is 1.34. The SMILES string of the molecule is O=C(CCCn1c(=O)cc(-c2ccccc2)sc1=S)Nc1cccc(O)c1. The molecule has 0 unspecified atom stereocenters. The molecule has 138 valence electrons. The third-order valence-electron chi connectivity index (χ3n) is 3.91. The molecule has 0 saturated carbocycles. The molecule has 27 heavy (non-hydrogen) atoms. The molecule has 2 aromatic carbocycles. The van der Waals surface area contributed by atoms with Gasteiger partial charge in [-0.05, 0) is 36.3 Å². The number of aromatic hydroxyl groups is 1. The summed E-state index contributed by atoms with van der Waals surface area (Å²) in [6.07, 6.45) is 0.744. The number of carbonyl (C=O) groups is 1. The minimum atomic E-state index is -0.177. The molecule has 0 atom stereocenters. The molecular weight excluding hydrogens is 380 g/mol. The summed E-state index contributed by atoms with van der Waals surface area (Å²) in [5, 5.41) is 12.1. The Labute approximate surface area is 165 Å². The van der Waals surface area contributed by atoms with Gasteiger partial charge < -0.3 is 10.4 Å². The highest BCUT2D eigenvalue weighted by atomic mass is 32.1. The van der Waals surface area contributed by atoms with Crippen LogP contribution < -0.4 is 10.9 Å². The molecule has 0 aliphatic rings. The molecule has 0 bridgehead atoms. The lowest BCUT2D eigenvalue weighted by atomic mass is 10.2. The molecule has 2 N–H and O–H groups in total. The van der Waals surface area contributed by atoms with E-state index < -0.39 is 0 Å². The fourth-order valence-corrected chi connectivity index (χ4v) is 3.95. The van der Waals surface area contributed by atoms with Gasteiger partial charge in [0.2, 0.25) is 5.91 Å². The summed E-state index contributed by atoms with van der Waals surface area (Å²) in [7, 11) is 0. The standard InChI is InChI=1S/C20H18N2O3S2/c23-16-9-4-8-15(12-16)21-18(24)10-5-11-22-19(25)13-17(27-20(22)26)14-6-2-1-3-7-14/h1-4,6-9,12-13,23H,5,10-11H2,(H,21,24). The number of amides is 1. The second-order valence-corrected chi connectivity index (χ2v) is 7.61. The summed E-state index contributed by atoms with van der Waals surface area (Å²) in [6.45, 7) is 0.386. The first-order chi connectivity index (χ1) is 13.0. The largest absolute Gasteiger partial charge is 0.508 e. The van der Waals surface area contributed by atoms with Crippen molar-refractivity contribution in [1.29, 1.82) is 0 Å². The van der Waals surface area contributed by atoms with Crippen molar-refractivity contribution in [2.45, 2.75) is 19.4 Å². The van der Waals surface area contributed by atoms with E-state index in [1.54, 1.807) is 18.2 Å². The van der Waals surface area contributed by atoms with E-state index in [1.165, 1.54) is 28.0 Å². The minimum Gasteiger partial charge on any atom is -0.508 e. The van der Waals surface area contributed by atoms with E-state index in [1.807, 2.05) is 30.3 Å². The van der Waals surface area contributed by atoms with Crippen LogP contribution in [0.15, 0.2) is 65.5 Å². The van der Waals surface area contributed by atoms with Gasteiger partial charge >= 0.3 is 0 Å². The maximum Gasteiger partial charge on any atom is 0.253 e. The van der Waals surface area contributed by atoms with E-state index in [0.29, 0.717) is 22.6 Å². The third-order valence-corrected chi connectivity index (χ3v) is 5.35. The first-order valence-corrected chi connectivity index (χ1v) is 9.65. The fraction of sp³-hybridized carbons (Fsp3) is 0.150. The van der Waals surface area contributed by atoms with Gasteiger partial charge in [0.25, 0.3) is 5.56 Å². The van der Waals surface area contributed by atoms with Gasteiger partial charge in [-0.15, -0.1) is 11.3 Å². The Balaban J connectivity index is 1.62. The Morgan fingerprint density at radius 3 is 2.59 bits per heavy atom. The number of anilines is 1. The average molecular weight is 399 g/mol. The topological polar surface area (TPSA) is 71.3 Å². The highest BCUT2D eigenvalue weighted by Gasteiger charge is 2.07. The van der Waals surface area contributed by atoms with E-state index in [-0.39, 0.29) is 23.6 Å². The highest BCUT2D eigenvalue weighted by Crippen LogP contribution is 2.22. The number of phenols is 1. The molecule has 1 amide bonds. The van der Waals surface area contributed by atoms with Gasteiger partial charge in [-0.2, -0.15) is 0 Å². The quantitative estimate of drug-likeness (QED) is 0.603. The zero-order valence-corrected chi connectivity index (χ0v) is 16.1. The van der Waals surface area contributed by atoms with Crippen LogP contribution in [0.5, 0.6) is 5.75 Å². The summed E-state index contributed by atoms with van der Waals surface area (Å²) in [5.74, 6) is -0.0840. The molecule has 1 aromatic heterocycles. The van der Waals surface area contributed by atoms with E-state index >= 15 is 0 Å². The zero-order valence-electron chi connectivity index (χ0n) is 14.4. The van der Waals surface area contributed by atoms with Crippen molar-refractivity contribution >= 4 is 35.1 Å². The molecule has 0 fully saturated rings. The molecular formula is C20H18N2O3S2. The van der Waals surface area contributed by atoms with Crippen LogP contribution in [0.3, 0.4) is 0 Å². The molecule has 0 saturated heterocycles. The van der Waals surface area contributed by atoms with Crippen LogP contribution in [0.4, 0.5) is 5.69 Å². The average Bonchev–Trinajstić information content (AvgIpc) is 2.64. The maximum absolute atomic E-state index is 12.4. The van der Waals surface area contributed by atoms with Crippen LogP contribution >= 0.6 is 23.6 Å². The van der Waals surface area contributed by atoms with Gasteiger partial charge in [0.15, 0.2) is 3.95 Å². The van der Waals surface area contributed by atoms with Gasteiger partial charge in [-0.25, -0.2) is 0 Å². The third kappa shape index (κ3) is 5.12. The fourth-order valence-electron chi connectivity index (χ4n) is 2.61.